The molecule has 3 N–H and O–H groups in total. The average Bonchev–Trinajstić information content (AvgIpc) is 1.86. The van der Waals surface area contributed by atoms with Gasteiger partial charge in [-0.3, -0.25) is 0 Å². The van der Waals surface area contributed by atoms with Gasteiger partial charge in [0.1, 0.15) is 0 Å². The second kappa shape index (κ2) is 3.87. The van der Waals surface area contributed by atoms with Crippen LogP contribution in [0.2, 0.25) is 0 Å². The highest BCUT2D eigenvalue weighted by Crippen LogP contribution is 2.27. The molecule has 0 saturated heterocycles. The van der Waals surface area contributed by atoms with E-state index in [9.17, 15) is 17.6 Å². The Labute approximate surface area is 61.0 Å². The normalized spacial score (nSPS) is 15.5. The SMILES string of the molecule is NCC(O)CC(F)(F)C(F)F. The van der Waals surface area contributed by atoms with Crippen LogP contribution >= 0.6 is 0 Å². The molecule has 68 valence electrons. The van der Waals surface area contributed by atoms with E-state index in [0.29, 0.717) is 0 Å². The Morgan fingerprint density at radius 1 is 1.36 bits per heavy atom. The predicted molar refractivity (Wildman–Crippen MR) is 30.6 cm³/mol. The third-order valence-corrected chi connectivity index (χ3v) is 1.10. The van der Waals surface area contributed by atoms with Crippen molar-refractivity contribution in [1.82, 2.24) is 0 Å². The average molecular weight is 175 g/mol. The van der Waals surface area contributed by atoms with Crippen LogP contribution < -0.4 is 5.73 Å². The van der Waals surface area contributed by atoms with Gasteiger partial charge < -0.3 is 10.8 Å². The second-order valence-corrected chi connectivity index (χ2v) is 2.16. The zero-order chi connectivity index (χ0) is 9.07. The van der Waals surface area contributed by atoms with Gasteiger partial charge in [-0.05, 0) is 0 Å². The fourth-order valence-corrected chi connectivity index (χ4v) is 0.487. The number of halogens is 4. The summed E-state index contributed by atoms with van der Waals surface area (Å²) >= 11 is 0. The number of alkyl halides is 4. The Hall–Kier alpha value is -0.360. The molecule has 2 nitrogen and oxygen atoms in total. The minimum Gasteiger partial charge on any atom is -0.392 e. The minimum atomic E-state index is -4.14. The summed E-state index contributed by atoms with van der Waals surface area (Å²) in [4.78, 5) is 0. The first-order chi connectivity index (χ1) is 4.90. The van der Waals surface area contributed by atoms with Gasteiger partial charge in [0, 0.05) is 13.0 Å². The van der Waals surface area contributed by atoms with Crippen molar-refractivity contribution < 1.29 is 22.7 Å². The van der Waals surface area contributed by atoms with Crippen molar-refractivity contribution in [3.05, 3.63) is 0 Å². The molecule has 0 rings (SSSR count). The van der Waals surface area contributed by atoms with Crippen molar-refractivity contribution in [3.8, 4) is 0 Å². The van der Waals surface area contributed by atoms with Crippen molar-refractivity contribution in [1.29, 1.82) is 0 Å². The second-order valence-electron chi connectivity index (χ2n) is 2.16. The zero-order valence-corrected chi connectivity index (χ0v) is 5.61. The van der Waals surface area contributed by atoms with Gasteiger partial charge >= 0.3 is 12.3 Å². The smallest absolute Gasteiger partial charge is 0.310 e. The lowest BCUT2D eigenvalue weighted by molar-refractivity contribution is -0.147. The van der Waals surface area contributed by atoms with Crippen LogP contribution in [0.25, 0.3) is 0 Å². The van der Waals surface area contributed by atoms with Crippen LogP contribution in [0, 0.1) is 0 Å². The number of nitrogens with two attached hydrogens (primary N) is 1. The summed E-state index contributed by atoms with van der Waals surface area (Å²) in [5.41, 5.74) is 4.75. The number of rotatable bonds is 4. The van der Waals surface area contributed by atoms with Crippen LogP contribution in [0.4, 0.5) is 17.6 Å². The lowest BCUT2D eigenvalue weighted by Gasteiger charge is -2.17. The van der Waals surface area contributed by atoms with Gasteiger partial charge in [0.05, 0.1) is 6.10 Å². The molecule has 0 saturated carbocycles. The number of hydrogen-bond donors (Lipinski definition) is 2. The monoisotopic (exact) mass is 175 g/mol. The lowest BCUT2D eigenvalue weighted by atomic mass is 10.1. The standard InChI is InChI=1S/C5H9F4NO/c6-4(7)5(8,9)1-3(11)2-10/h3-4,11H,1-2,10H2. The van der Waals surface area contributed by atoms with E-state index < -0.39 is 31.4 Å². The Bertz CT molecular complexity index is 119. The van der Waals surface area contributed by atoms with E-state index >= 15 is 0 Å². The molecule has 11 heavy (non-hydrogen) atoms. The minimum absolute atomic E-state index is 0.442. The third-order valence-electron chi connectivity index (χ3n) is 1.10. The highest BCUT2D eigenvalue weighted by atomic mass is 19.3. The topological polar surface area (TPSA) is 46.2 Å². The maximum atomic E-state index is 12.0. The molecule has 0 radical (unpaired) electrons. The van der Waals surface area contributed by atoms with Gasteiger partial charge in [-0.25, -0.2) is 17.6 Å². The molecular weight excluding hydrogens is 166 g/mol. The van der Waals surface area contributed by atoms with E-state index in [0.717, 1.165) is 0 Å². The van der Waals surface area contributed by atoms with Gasteiger partial charge in [0.25, 0.3) is 0 Å². The van der Waals surface area contributed by atoms with E-state index in [4.69, 9.17) is 10.8 Å². The Kier molecular flexibility index (Phi) is 3.74. The number of aliphatic hydroxyl groups is 1. The summed E-state index contributed by atoms with van der Waals surface area (Å²) in [6.45, 7) is -0.442. The van der Waals surface area contributed by atoms with Crippen LogP contribution in [-0.2, 0) is 0 Å². The molecule has 1 atom stereocenters. The number of aliphatic hydroxyl groups excluding tert-OH is 1. The molecule has 0 aromatic carbocycles. The first-order valence-corrected chi connectivity index (χ1v) is 2.94. The molecule has 0 heterocycles. The predicted octanol–water partition coefficient (Wildman–Crippen LogP) is 0.597. The van der Waals surface area contributed by atoms with Crippen molar-refractivity contribution >= 4 is 0 Å². The molecule has 0 fully saturated rings. The van der Waals surface area contributed by atoms with E-state index in [-0.39, 0.29) is 0 Å². The van der Waals surface area contributed by atoms with Crippen molar-refractivity contribution in [2.45, 2.75) is 24.9 Å². The van der Waals surface area contributed by atoms with Gasteiger partial charge in [0.15, 0.2) is 0 Å². The molecule has 0 spiro atoms. The molecular formula is C5H9F4NO. The Balaban J connectivity index is 3.90. The fraction of sp³-hybridized carbons (Fsp3) is 1.00. The summed E-state index contributed by atoms with van der Waals surface area (Å²) in [6, 6.07) is 0. The maximum Gasteiger partial charge on any atom is 0.310 e. The Morgan fingerprint density at radius 2 is 1.82 bits per heavy atom. The van der Waals surface area contributed by atoms with Crippen molar-refractivity contribution in [2.75, 3.05) is 6.54 Å². The summed E-state index contributed by atoms with van der Waals surface area (Å²) < 4.78 is 46.9. The molecule has 0 bridgehead atoms. The van der Waals surface area contributed by atoms with E-state index in [1.54, 1.807) is 0 Å². The first-order valence-electron chi connectivity index (χ1n) is 2.94. The molecule has 0 aromatic heterocycles. The van der Waals surface area contributed by atoms with Crippen LogP contribution in [0.5, 0.6) is 0 Å². The number of hydrogen-bond acceptors (Lipinski definition) is 2. The molecule has 0 aliphatic heterocycles. The van der Waals surface area contributed by atoms with Gasteiger partial charge in [0.2, 0.25) is 0 Å². The lowest BCUT2D eigenvalue weighted by Crippen LogP contribution is -2.34. The summed E-state index contributed by atoms with van der Waals surface area (Å²) in [7, 11) is 0. The fourth-order valence-electron chi connectivity index (χ4n) is 0.487. The Morgan fingerprint density at radius 3 is 2.09 bits per heavy atom. The van der Waals surface area contributed by atoms with Crippen molar-refractivity contribution in [2.24, 2.45) is 5.73 Å². The van der Waals surface area contributed by atoms with Gasteiger partial charge in [-0.15, -0.1) is 0 Å². The zero-order valence-electron chi connectivity index (χ0n) is 5.61. The van der Waals surface area contributed by atoms with E-state index in [1.165, 1.54) is 0 Å². The maximum absolute atomic E-state index is 12.0. The van der Waals surface area contributed by atoms with Crippen LogP contribution in [-0.4, -0.2) is 30.1 Å². The van der Waals surface area contributed by atoms with E-state index in [2.05, 4.69) is 0 Å². The summed E-state index contributed by atoms with van der Waals surface area (Å²) in [5, 5.41) is 8.50. The molecule has 0 aliphatic carbocycles. The van der Waals surface area contributed by atoms with Crippen LogP contribution in [0.1, 0.15) is 6.42 Å². The molecule has 0 amide bonds. The summed E-state index contributed by atoms with van der Waals surface area (Å²) in [5.74, 6) is -4.14. The molecule has 0 aliphatic rings. The van der Waals surface area contributed by atoms with E-state index in [1.807, 2.05) is 0 Å². The molecule has 0 aromatic rings. The van der Waals surface area contributed by atoms with Gasteiger partial charge in [-0.2, -0.15) is 0 Å². The first kappa shape index (κ1) is 10.6. The van der Waals surface area contributed by atoms with Crippen molar-refractivity contribution in [3.63, 3.8) is 0 Å². The van der Waals surface area contributed by atoms with Gasteiger partial charge in [-0.1, -0.05) is 0 Å². The van der Waals surface area contributed by atoms with Crippen LogP contribution in [0.3, 0.4) is 0 Å². The summed E-state index contributed by atoms with van der Waals surface area (Å²) in [6.07, 6.45) is -6.61. The molecule has 1 unspecified atom stereocenters. The molecule has 6 heteroatoms. The third kappa shape index (κ3) is 3.52. The largest absolute Gasteiger partial charge is 0.392 e. The highest BCUT2D eigenvalue weighted by Gasteiger charge is 2.41. The van der Waals surface area contributed by atoms with Crippen LogP contribution in [0.15, 0.2) is 0 Å². The quantitative estimate of drug-likeness (QED) is 0.614. The highest BCUT2D eigenvalue weighted by molar-refractivity contribution is 4.73.